The summed E-state index contributed by atoms with van der Waals surface area (Å²) in [6.45, 7) is 2.27. The second-order valence-electron chi connectivity index (χ2n) is 6.09. The monoisotopic (exact) mass is 566 g/mol. The first-order chi connectivity index (χ1) is 9.77. The molecule has 23 heavy (non-hydrogen) atoms. The Balaban J connectivity index is -0.000000602. The van der Waals surface area contributed by atoms with Crippen LogP contribution in [0.2, 0.25) is 0 Å². The van der Waals surface area contributed by atoms with Gasteiger partial charge in [-0.2, -0.15) is 0 Å². The summed E-state index contributed by atoms with van der Waals surface area (Å²) in [6.07, 6.45) is 20.2. The van der Waals surface area contributed by atoms with Gasteiger partial charge in [0.2, 0.25) is 0 Å². The predicted molar refractivity (Wildman–Crippen MR) is 110 cm³/mol. The molecule has 0 aromatic rings. The van der Waals surface area contributed by atoms with Crippen LogP contribution in [0.4, 0.5) is 0 Å². The third-order valence-electron chi connectivity index (χ3n) is 3.99. The van der Waals surface area contributed by atoms with E-state index in [9.17, 15) is 4.79 Å². The molecule has 1 N–H and O–H groups in total. The fourth-order valence-corrected chi connectivity index (χ4v) is 2.65. The van der Waals surface area contributed by atoms with Crippen molar-refractivity contribution in [3.05, 3.63) is 0 Å². The summed E-state index contributed by atoms with van der Waals surface area (Å²) < 4.78 is 0. The zero-order chi connectivity index (χ0) is 14.9. The minimum absolute atomic E-state index is 0. The van der Waals surface area contributed by atoms with E-state index in [2.05, 4.69) is 6.92 Å². The SMILES string of the molecule is CCCCCCCCCCCCCCCCCC(=O)O.Cl.Cl.[PbH2]. The minimum atomic E-state index is -0.653. The van der Waals surface area contributed by atoms with Crippen LogP contribution in [0.3, 0.4) is 0 Å². The van der Waals surface area contributed by atoms with Crippen molar-refractivity contribution < 1.29 is 9.90 Å². The maximum absolute atomic E-state index is 10.3. The van der Waals surface area contributed by atoms with Gasteiger partial charge in [-0.3, -0.25) is 4.79 Å². The van der Waals surface area contributed by atoms with Crippen molar-refractivity contribution in [3.8, 4) is 0 Å². The van der Waals surface area contributed by atoms with E-state index in [1.54, 1.807) is 0 Å². The molecule has 0 aliphatic carbocycles. The molecule has 0 saturated carbocycles. The number of aliphatic carboxylic acids is 1. The van der Waals surface area contributed by atoms with E-state index in [0.717, 1.165) is 12.8 Å². The van der Waals surface area contributed by atoms with Gasteiger partial charge in [0.1, 0.15) is 0 Å². The average molecular weight is 567 g/mol. The molecule has 0 fully saturated rings. The van der Waals surface area contributed by atoms with E-state index in [-0.39, 0.29) is 52.1 Å². The summed E-state index contributed by atoms with van der Waals surface area (Å²) in [5, 5.41) is 8.52. The fraction of sp³-hybridized carbons (Fsp3) is 0.944. The topological polar surface area (TPSA) is 37.3 Å². The first-order valence-electron chi connectivity index (χ1n) is 8.99. The second-order valence-corrected chi connectivity index (χ2v) is 6.09. The first-order valence-corrected chi connectivity index (χ1v) is 8.99. The molecule has 2 nitrogen and oxygen atoms in total. The molecule has 0 aliphatic heterocycles. The Hall–Kier alpha value is 0.972. The van der Waals surface area contributed by atoms with Crippen LogP contribution in [-0.4, -0.2) is 38.4 Å². The standard InChI is InChI=1S/C18H36O2.2ClH.Pb.2H/c1-2-3-4-5-6-7-8-9-10-11-12-13-14-15-16-17-18(19)20;;;;;/h2-17H2,1H3,(H,19,20);2*1H;;;. The van der Waals surface area contributed by atoms with Gasteiger partial charge in [-0.1, -0.05) is 96.8 Å². The molecule has 142 valence electrons. The molecule has 0 amide bonds. The van der Waals surface area contributed by atoms with Crippen molar-refractivity contribution in [1.29, 1.82) is 0 Å². The first kappa shape index (κ1) is 31.7. The summed E-state index contributed by atoms with van der Waals surface area (Å²) in [5.74, 6) is -0.653. The van der Waals surface area contributed by atoms with E-state index in [1.165, 1.54) is 83.5 Å². The maximum atomic E-state index is 10.3. The molecule has 0 bridgehead atoms. The average Bonchev–Trinajstić information content (AvgIpc) is 2.43. The van der Waals surface area contributed by atoms with Gasteiger partial charge in [-0.15, -0.1) is 24.8 Å². The number of halogens is 2. The van der Waals surface area contributed by atoms with Crippen LogP contribution in [0, 0.1) is 0 Å². The third kappa shape index (κ3) is 31.3. The predicted octanol–water partition coefficient (Wildman–Crippen LogP) is 6.26. The van der Waals surface area contributed by atoms with E-state index in [0.29, 0.717) is 6.42 Å². The molecule has 0 atom stereocenters. The number of hydrogen-bond donors (Lipinski definition) is 1. The number of unbranched alkanes of at least 4 members (excludes halogenated alkanes) is 14. The van der Waals surface area contributed by atoms with Crippen LogP contribution in [0.5, 0.6) is 0 Å². The van der Waals surface area contributed by atoms with E-state index < -0.39 is 5.97 Å². The number of hydrogen-bond acceptors (Lipinski definition) is 1. The van der Waals surface area contributed by atoms with Crippen LogP contribution in [0.25, 0.3) is 0 Å². The molecule has 5 heteroatoms. The van der Waals surface area contributed by atoms with Crippen LogP contribution in [0.15, 0.2) is 0 Å². The Bertz CT molecular complexity index is 217. The third-order valence-corrected chi connectivity index (χ3v) is 3.99. The molecular formula is C18H40Cl2O2Pb. The van der Waals surface area contributed by atoms with Gasteiger partial charge in [0.25, 0.3) is 0 Å². The number of rotatable bonds is 16. The molecule has 0 saturated heterocycles. The Morgan fingerprint density at radius 1 is 0.609 bits per heavy atom. The second kappa shape index (κ2) is 27.8. The Morgan fingerprint density at radius 3 is 1.13 bits per heavy atom. The van der Waals surface area contributed by atoms with Crippen molar-refractivity contribution in [2.45, 2.75) is 110 Å². The zero-order valence-electron chi connectivity index (χ0n) is 15.2. The number of carbonyl (C=O) groups is 1. The molecule has 0 aliphatic rings. The normalized spacial score (nSPS) is 9.43. The van der Waals surface area contributed by atoms with Gasteiger partial charge in [0.05, 0.1) is 0 Å². The quantitative estimate of drug-likeness (QED) is 0.177. The van der Waals surface area contributed by atoms with Gasteiger partial charge in [0, 0.05) is 6.42 Å². The van der Waals surface area contributed by atoms with Gasteiger partial charge < -0.3 is 5.11 Å². The Kier molecular flexibility index (Phi) is 38.3. The van der Waals surface area contributed by atoms with Crippen molar-refractivity contribution in [2.24, 2.45) is 0 Å². The van der Waals surface area contributed by atoms with Crippen molar-refractivity contribution in [3.63, 3.8) is 0 Å². The van der Waals surface area contributed by atoms with E-state index in [1.807, 2.05) is 0 Å². The van der Waals surface area contributed by atoms with E-state index in [4.69, 9.17) is 5.11 Å². The van der Waals surface area contributed by atoms with Gasteiger partial charge in [-0.25, -0.2) is 0 Å². The Morgan fingerprint density at radius 2 is 0.870 bits per heavy atom. The summed E-state index contributed by atoms with van der Waals surface area (Å²) in [6, 6.07) is 0. The number of carboxylic acids is 1. The molecule has 0 rings (SSSR count). The van der Waals surface area contributed by atoms with Crippen LogP contribution < -0.4 is 0 Å². The fourth-order valence-electron chi connectivity index (χ4n) is 2.65. The molecule has 0 heterocycles. The van der Waals surface area contributed by atoms with Crippen molar-refractivity contribution in [1.82, 2.24) is 0 Å². The van der Waals surface area contributed by atoms with Crippen LogP contribution >= 0.6 is 24.8 Å². The number of carboxylic acid groups (broad SMARTS) is 1. The summed E-state index contributed by atoms with van der Waals surface area (Å²) >= 11 is 0. The van der Waals surface area contributed by atoms with Crippen LogP contribution in [-0.2, 0) is 4.79 Å². The molecule has 0 aromatic carbocycles. The Labute approximate surface area is 176 Å². The molecule has 0 unspecified atom stereocenters. The molecule has 0 spiro atoms. The van der Waals surface area contributed by atoms with Crippen molar-refractivity contribution >= 4 is 58.1 Å². The molecule has 0 aromatic heterocycles. The van der Waals surface area contributed by atoms with E-state index >= 15 is 0 Å². The summed E-state index contributed by atoms with van der Waals surface area (Å²) in [4.78, 5) is 10.3. The molecule has 2 radical (unpaired) electrons. The zero-order valence-corrected chi connectivity index (χ0v) is 22.3. The van der Waals surface area contributed by atoms with Gasteiger partial charge in [-0.05, 0) is 6.42 Å². The molecular weight excluding hydrogens is 526 g/mol. The summed E-state index contributed by atoms with van der Waals surface area (Å²) in [7, 11) is 0. The summed E-state index contributed by atoms with van der Waals surface area (Å²) in [5.41, 5.74) is 0. The van der Waals surface area contributed by atoms with Crippen LogP contribution in [0.1, 0.15) is 110 Å². The van der Waals surface area contributed by atoms with Gasteiger partial charge >= 0.3 is 33.3 Å². The van der Waals surface area contributed by atoms with Gasteiger partial charge in [0.15, 0.2) is 0 Å². The van der Waals surface area contributed by atoms with Crippen molar-refractivity contribution in [2.75, 3.05) is 0 Å².